The van der Waals surface area contributed by atoms with Gasteiger partial charge in [-0.15, -0.1) is 0 Å². The molecular formula is C26H27F3O2. The second-order valence-electron chi connectivity index (χ2n) is 7.37. The summed E-state index contributed by atoms with van der Waals surface area (Å²) in [4.78, 5) is 0. The van der Waals surface area contributed by atoms with Gasteiger partial charge in [-0.1, -0.05) is 50.1 Å². The van der Waals surface area contributed by atoms with Crippen LogP contribution in [-0.4, -0.2) is 6.61 Å². The van der Waals surface area contributed by atoms with E-state index in [0.717, 1.165) is 31.2 Å². The van der Waals surface area contributed by atoms with Crippen molar-refractivity contribution >= 4 is 0 Å². The largest absolute Gasteiger partial charge is 0.491 e. The Balaban J connectivity index is 1.64. The number of hydrogen-bond donors (Lipinski definition) is 0. The van der Waals surface area contributed by atoms with E-state index in [2.05, 4.69) is 6.92 Å². The van der Waals surface area contributed by atoms with Crippen LogP contribution in [0.3, 0.4) is 0 Å². The highest BCUT2D eigenvalue weighted by molar-refractivity contribution is 5.65. The molecule has 0 saturated heterocycles. The zero-order chi connectivity index (χ0) is 22.2. The van der Waals surface area contributed by atoms with Gasteiger partial charge in [0.2, 0.25) is 5.82 Å². The van der Waals surface area contributed by atoms with Crippen LogP contribution < -0.4 is 9.47 Å². The van der Waals surface area contributed by atoms with E-state index in [4.69, 9.17) is 9.47 Å². The third-order valence-corrected chi connectivity index (χ3v) is 5.09. The molecule has 0 unspecified atom stereocenters. The van der Waals surface area contributed by atoms with E-state index in [-0.39, 0.29) is 30.3 Å². The molecule has 3 aromatic carbocycles. The van der Waals surface area contributed by atoms with Crippen LogP contribution in [0, 0.1) is 17.5 Å². The predicted molar refractivity (Wildman–Crippen MR) is 117 cm³/mol. The summed E-state index contributed by atoms with van der Waals surface area (Å²) in [6.45, 7) is 4.33. The van der Waals surface area contributed by atoms with Crippen LogP contribution in [-0.2, 0) is 13.0 Å². The fourth-order valence-electron chi connectivity index (χ4n) is 3.35. The van der Waals surface area contributed by atoms with Crippen molar-refractivity contribution in [2.45, 2.75) is 46.1 Å². The molecule has 0 radical (unpaired) electrons. The lowest BCUT2D eigenvalue weighted by Gasteiger charge is -2.11. The van der Waals surface area contributed by atoms with Crippen LogP contribution in [0.25, 0.3) is 11.1 Å². The first-order chi connectivity index (χ1) is 15.0. The maximum absolute atomic E-state index is 14.4. The van der Waals surface area contributed by atoms with E-state index in [0.29, 0.717) is 16.9 Å². The van der Waals surface area contributed by atoms with Gasteiger partial charge in [0, 0.05) is 11.6 Å². The van der Waals surface area contributed by atoms with Gasteiger partial charge in [0.05, 0.1) is 6.61 Å². The normalized spacial score (nSPS) is 10.9. The zero-order valence-corrected chi connectivity index (χ0v) is 17.9. The van der Waals surface area contributed by atoms with Crippen molar-refractivity contribution in [3.05, 3.63) is 83.2 Å². The molecule has 0 spiro atoms. The van der Waals surface area contributed by atoms with Crippen LogP contribution in [0.1, 0.15) is 44.2 Å². The van der Waals surface area contributed by atoms with Gasteiger partial charge >= 0.3 is 0 Å². The number of ether oxygens (including phenoxy) is 2. The summed E-state index contributed by atoms with van der Waals surface area (Å²) in [7, 11) is 0. The zero-order valence-electron chi connectivity index (χ0n) is 17.9. The van der Waals surface area contributed by atoms with Gasteiger partial charge in [0.15, 0.2) is 11.6 Å². The van der Waals surface area contributed by atoms with Gasteiger partial charge in [-0.3, -0.25) is 0 Å². The molecule has 0 saturated carbocycles. The average Bonchev–Trinajstić information content (AvgIpc) is 2.78. The molecule has 0 aliphatic rings. The van der Waals surface area contributed by atoms with Gasteiger partial charge in [-0.05, 0) is 54.7 Å². The molecule has 0 aliphatic heterocycles. The molecule has 0 fully saturated rings. The highest BCUT2D eigenvalue weighted by Crippen LogP contribution is 2.30. The number of hydrogen-bond acceptors (Lipinski definition) is 2. The van der Waals surface area contributed by atoms with Crippen molar-refractivity contribution in [1.29, 1.82) is 0 Å². The topological polar surface area (TPSA) is 18.5 Å². The molecule has 0 heterocycles. The van der Waals surface area contributed by atoms with Gasteiger partial charge in [-0.2, -0.15) is 4.39 Å². The lowest BCUT2D eigenvalue weighted by atomic mass is 10.0. The molecule has 0 N–H and O–H groups in total. The predicted octanol–water partition coefficient (Wildman–Crippen LogP) is 7.48. The fourth-order valence-corrected chi connectivity index (χ4v) is 3.35. The molecule has 31 heavy (non-hydrogen) atoms. The second kappa shape index (κ2) is 10.9. The Morgan fingerprint density at radius 3 is 2.23 bits per heavy atom. The van der Waals surface area contributed by atoms with Crippen LogP contribution in [0.2, 0.25) is 0 Å². The highest BCUT2D eigenvalue weighted by atomic mass is 19.2. The number of rotatable bonds is 10. The first kappa shape index (κ1) is 22.7. The Morgan fingerprint density at radius 1 is 0.774 bits per heavy atom. The van der Waals surface area contributed by atoms with Gasteiger partial charge < -0.3 is 9.47 Å². The SMILES string of the molecule is CCCCCc1ccc(OCc2ccc(-c3ccc(OCC)c(F)c3F)cc2)cc1F. The summed E-state index contributed by atoms with van der Waals surface area (Å²) in [6.07, 6.45) is 3.88. The number of benzene rings is 3. The molecule has 3 rings (SSSR count). The molecule has 0 bridgehead atoms. The Kier molecular flexibility index (Phi) is 7.99. The van der Waals surface area contributed by atoms with E-state index in [9.17, 15) is 13.2 Å². The lowest BCUT2D eigenvalue weighted by molar-refractivity contribution is 0.304. The molecular weight excluding hydrogens is 401 g/mol. The fraction of sp³-hybridized carbons (Fsp3) is 0.308. The minimum Gasteiger partial charge on any atom is -0.491 e. The highest BCUT2D eigenvalue weighted by Gasteiger charge is 2.15. The molecule has 3 aromatic rings. The summed E-state index contributed by atoms with van der Waals surface area (Å²) in [5.74, 6) is -1.83. The van der Waals surface area contributed by atoms with Crippen LogP contribution >= 0.6 is 0 Å². The maximum atomic E-state index is 14.4. The van der Waals surface area contributed by atoms with Crippen LogP contribution in [0.15, 0.2) is 54.6 Å². The number of aryl methyl sites for hydroxylation is 1. The van der Waals surface area contributed by atoms with Gasteiger partial charge in [-0.25, -0.2) is 8.78 Å². The first-order valence-electron chi connectivity index (χ1n) is 10.6. The standard InChI is InChI=1S/C26H27F3O2/c1-3-5-6-7-20-12-13-21(16-23(20)27)31-17-18-8-10-19(11-9-18)22-14-15-24(30-4-2)26(29)25(22)28/h8-16H,3-7,17H2,1-2H3. The van der Waals surface area contributed by atoms with Crippen LogP contribution in [0.4, 0.5) is 13.2 Å². The number of halogens is 3. The van der Waals surface area contributed by atoms with E-state index < -0.39 is 11.6 Å². The van der Waals surface area contributed by atoms with Crippen molar-refractivity contribution in [2.75, 3.05) is 6.61 Å². The van der Waals surface area contributed by atoms with Crippen molar-refractivity contribution in [1.82, 2.24) is 0 Å². The molecule has 0 aliphatic carbocycles. The van der Waals surface area contributed by atoms with E-state index in [1.165, 1.54) is 18.2 Å². The Bertz CT molecular complexity index is 1000. The summed E-state index contributed by atoms with van der Waals surface area (Å²) in [6, 6.07) is 14.8. The van der Waals surface area contributed by atoms with Gasteiger partial charge in [0.1, 0.15) is 18.2 Å². The average molecular weight is 428 g/mol. The minimum absolute atomic E-state index is 0.0996. The lowest BCUT2D eigenvalue weighted by Crippen LogP contribution is -1.99. The Hall–Kier alpha value is -2.95. The molecule has 5 heteroatoms. The van der Waals surface area contributed by atoms with Gasteiger partial charge in [0.25, 0.3) is 0 Å². The molecule has 0 aromatic heterocycles. The van der Waals surface area contributed by atoms with E-state index in [1.54, 1.807) is 43.3 Å². The molecule has 164 valence electrons. The van der Waals surface area contributed by atoms with Crippen molar-refractivity contribution in [3.8, 4) is 22.6 Å². The van der Waals surface area contributed by atoms with Crippen molar-refractivity contribution < 1.29 is 22.6 Å². The van der Waals surface area contributed by atoms with Crippen molar-refractivity contribution in [2.24, 2.45) is 0 Å². The van der Waals surface area contributed by atoms with E-state index in [1.807, 2.05) is 0 Å². The number of unbranched alkanes of at least 4 members (excludes halogenated alkanes) is 2. The third-order valence-electron chi connectivity index (χ3n) is 5.09. The molecule has 0 amide bonds. The Morgan fingerprint density at radius 2 is 1.55 bits per heavy atom. The second-order valence-corrected chi connectivity index (χ2v) is 7.37. The third kappa shape index (κ3) is 5.81. The van der Waals surface area contributed by atoms with E-state index >= 15 is 0 Å². The Labute approximate surface area is 181 Å². The quantitative estimate of drug-likeness (QED) is 0.312. The first-order valence-corrected chi connectivity index (χ1v) is 10.6. The minimum atomic E-state index is -0.994. The molecule has 0 atom stereocenters. The van der Waals surface area contributed by atoms with Crippen molar-refractivity contribution in [3.63, 3.8) is 0 Å². The summed E-state index contributed by atoms with van der Waals surface area (Å²) < 4.78 is 53.5. The summed E-state index contributed by atoms with van der Waals surface area (Å²) in [5, 5.41) is 0. The van der Waals surface area contributed by atoms with Crippen LogP contribution in [0.5, 0.6) is 11.5 Å². The summed E-state index contributed by atoms with van der Waals surface area (Å²) >= 11 is 0. The molecule has 2 nitrogen and oxygen atoms in total. The monoisotopic (exact) mass is 428 g/mol. The maximum Gasteiger partial charge on any atom is 0.201 e. The summed E-state index contributed by atoms with van der Waals surface area (Å²) in [5.41, 5.74) is 2.25. The smallest absolute Gasteiger partial charge is 0.201 e.